The lowest BCUT2D eigenvalue weighted by Crippen LogP contribution is -2.14. The third-order valence-corrected chi connectivity index (χ3v) is 4.70. The number of benzene rings is 2. The van der Waals surface area contributed by atoms with Crippen LogP contribution in [-0.2, 0) is 11.2 Å². The summed E-state index contributed by atoms with van der Waals surface area (Å²) in [6.45, 7) is 2.00. The van der Waals surface area contributed by atoms with Crippen molar-refractivity contribution in [3.05, 3.63) is 78.4 Å². The van der Waals surface area contributed by atoms with Crippen molar-refractivity contribution in [3.8, 4) is 28.9 Å². The lowest BCUT2D eigenvalue weighted by Gasteiger charge is -2.09. The molecular formula is C23H19N5O4. The summed E-state index contributed by atoms with van der Waals surface area (Å²) in [6, 6.07) is 16.1. The first-order valence-electron chi connectivity index (χ1n) is 9.94. The molecule has 160 valence electrons. The van der Waals surface area contributed by atoms with Gasteiger partial charge in [0.2, 0.25) is 18.6 Å². The van der Waals surface area contributed by atoms with Gasteiger partial charge in [-0.05, 0) is 55.0 Å². The summed E-state index contributed by atoms with van der Waals surface area (Å²) in [5.41, 5.74) is 1.51. The Morgan fingerprint density at radius 2 is 1.94 bits per heavy atom. The van der Waals surface area contributed by atoms with Gasteiger partial charge in [0.15, 0.2) is 17.3 Å². The molecule has 1 N–H and O–H groups in total. The number of anilines is 1. The summed E-state index contributed by atoms with van der Waals surface area (Å²) in [4.78, 5) is 21.1. The molecule has 9 nitrogen and oxygen atoms in total. The van der Waals surface area contributed by atoms with Crippen molar-refractivity contribution in [3.63, 3.8) is 0 Å². The summed E-state index contributed by atoms with van der Waals surface area (Å²) >= 11 is 0. The van der Waals surface area contributed by atoms with E-state index in [0.29, 0.717) is 40.5 Å². The van der Waals surface area contributed by atoms with E-state index in [1.165, 1.54) is 0 Å². The average Bonchev–Trinajstić information content (AvgIpc) is 3.46. The number of hydrogen-bond acceptors (Lipinski definition) is 7. The molecule has 0 fully saturated rings. The average molecular weight is 429 g/mol. The van der Waals surface area contributed by atoms with Gasteiger partial charge >= 0.3 is 0 Å². The van der Waals surface area contributed by atoms with E-state index in [4.69, 9.17) is 14.2 Å². The van der Waals surface area contributed by atoms with Gasteiger partial charge in [0, 0.05) is 24.1 Å². The van der Waals surface area contributed by atoms with E-state index in [1.807, 2.05) is 24.3 Å². The normalized spacial score (nSPS) is 11.9. The van der Waals surface area contributed by atoms with Crippen LogP contribution in [0.25, 0.3) is 5.82 Å². The smallest absolute Gasteiger partial charge is 0.231 e. The predicted octanol–water partition coefficient (Wildman–Crippen LogP) is 3.67. The van der Waals surface area contributed by atoms with Gasteiger partial charge in [-0.15, -0.1) is 0 Å². The highest BCUT2D eigenvalue weighted by molar-refractivity contribution is 5.92. The van der Waals surface area contributed by atoms with Crippen molar-refractivity contribution in [1.29, 1.82) is 0 Å². The van der Waals surface area contributed by atoms with Crippen LogP contribution in [0.15, 0.2) is 67.0 Å². The molecule has 0 spiro atoms. The molecule has 1 aliphatic heterocycles. The Labute approximate surface area is 183 Å². The molecule has 9 heteroatoms. The molecular weight excluding hydrogens is 410 g/mol. The van der Waals surface area contributed by atoms with Gasteiger partial charge < -0.3 is 19.5 Å². The van der Waals surface area contributed by atoms with Crippen molar-refractivity contribution in [1.82, 2.24) is 19.7 Å². The highest BCUT2D eigenvalue weighted by Gasteiger charge is 2.14. The molecule has 0 unspecified atom stereocenters. The molecule has 0 atom stereocenters. The number of hydrogen-bond donors (Lipinski definition) is 1. The molecule has 0 radical (unpaired) electrons. The van der Waals surface area contributed by atoms with Gasteiger partial charge in [0.25, 0.3) is 0 Å². The molecule has 0 saturated heterocycles. The predicted molar refractivity (Wildman–Crippen MR) is 115 cm³/mol. The van der Waals surface area contributed by atoms with Gasteiger partial charge in [-0.2, -0.15) is 10.1 Å². The maximum Gasteiger partial charge on any atom is 0.231 e. The minimum atomic E-state index is -0.132. The van der Waals surface area contributed by atoms with Crippen molar-refractivity contribution in [2.75, 3.05) is 12.1 Å². The van der Waals surface area contributed by atoms with E-state index in [1.54, 1.807) is 54.3 Å². The highest BCUT2D eigenvalue weighted by Crippen LogP contribution is 2.32. The summed E-state index contributed by atoms with van der Waals surface area (Å²) < 4.78 is 18.2. The molecule has 0 bridgehead atoms. The first-order valence-corrected chi connectivity index (χ1v) is 9.94. The molecule has 32 heavy (non-hydrogen) atoms. The lowest BCUT2D eigenvalue weighted by molar-refractivity contribution is -0.115. The zero-order chi connectivity index (χ0) is 21.9. The van der Waals surface area contributed by atoms with Crippen LogP contribution in [0.4, 0.5) is 5.69 Å². The van der Waals surface area contributed by atoms with E-state index in [2.05, 4.69) is 20.4 Å². The number of rotatable bonds is 6. The minimum absolute atomic E-state index is 0.132. The van der Waals surface area contributed by atoms with Crippen LogP contribution in [0.2, 0.25) is 0 Å². The zero-order valence-electron chi connectivity index (χ0n) is 17.2. The third kappa shape index (κ3) is 4.36. The van der Waals surface area contributed by atoms with Crippen LogP contribution in [0.5, 0.6) is 23.1 Å². The molecule has 0 saturated carbocycles. The first kappa shape index (κ1) is 19.6. The molecule has 5 rings (SSSR count). The van der Waals surface area contributed by atoms with E-state index in [-0.39, 0.29) is 19.1 Å². The lowest BCUT2D eigenvalue weighted by atomic mass is 10.1. The summed E-state index contributed by atoms with van der Waals surface area (Å²) in [6.07, 6.45) is 3.70. The number of amides is 1. The fraction of sp³-hybridized carbons (Fsp3) is 0.130. The number of carbonyl (C=O) groups excluding carboxylic acids is 1. The first-order chi connectivity index (χ1) is 15.6. The Hall–Kier alpha value is -4.40. The minimum Gasteiger partial charge on any atom is -0.454 e. The molecule has 3 heterocycles. The molecule has 0 aliphatic carbocycles. The topological polar surface area (TPSA) is 100 Å². The van der Waals surface area contributed by atoms with Gasteiger partial charge in [-0.1, -0.05) is 6.07 Å². The van der Waals surface area contributed by atoms with Gasteiger partial charge in [0.05, 0.1) is 6.42 Å². The van der Waals surface area contributed by atoms with E-state index >= 15 is 0 Å². The van der Waals surface area contributed by atoms with Crippen LogP contribution < -0.4 is 19.5 Å². The number of fused-ring (bicyclic) bond motifs is 1. The van der Waals surface area contributed by atoms with Crippen LogP contribution in [-0.4, -0.2) is 32.4 Å². The van der Waals surface area contributed by atoms with Crippen molar-refractivity contribution < 1.29 is 19.0 Å². The number of aromatic nitrogens is 4. The second kappa shape index (κ2) is 8.38. The summed E-state index contributed by atoms with van der Waals surface area (Å²) in [5.74, 6) is 3.40. The Kier molecular flexibility index (Phi) is 5.12. The molecule has 1 aliphatic rings. The Bertz CT molecular complexity index is 1260. The fourth-order valence-electron chi connectivity index (χ4n) is 3.27. The van der Waals surface area contributed by atoms with E-state index in [0.717, 1.165) is 5.56 Å². The van der Waals surface area contributed by atoms with Crippen molar-refractivity contribution >= 4 is 11.6 Å². The Morgan fingerprint density at radius 1 is 1.09 bits per heavy atom. The molecule has 2 aromatic carbocycles. The second-order valence-corrected chi connectivity index (χ2v) is 7.10. The van der Waals surface area contributed by atoms with Crippen LogP contribution in [0, 0.1) is 6.92 Å². The molecule has 4 aromatic rings. The van der Waals surface area contributed by atoms with Crippen LogP contribution >= 0.6 is 0 Å². The standard InChI is InChI=1S/C23H19N5O4/c1-15-25-21(28-10-2-9-24-28)13-23(26-15)32-18-6-4-17(5-7-18)27-22(29)12-16-3-8-19-20(11-16)31-14-30-19/h2-11,13H,12,14H2,1H3,(H,27,29). The third-order valence-electron chi connectivity index (χ3n) is 4.70. The summed E-state index contributed by atoms with van der Waals surface area (Å²) in [7, 11) is 0. The number of ether oxygens (including phenoxy) is 3. The monoisotopic (exact) mass is 429 g/mol. The highest BCUT2D eigenvalue weighted by atomic mass is 16.7. The van der Waals surface area contributed by atoms with Crippen molar-refractivity contribution in [2.24, 2.45) is 0 Å². The van der Waals surface area contributed by atoms with Gasteiger partial charge in [0.1, 0.15) is 11.6 Å². The summed E-state index contributed by atoms with van der Waals surface area (Å²) in [5, 5.41) is 7.06. The number of carbonyl (C=O) groups is 1. The largest absolute Gasteiger partial charge is 0.454 e. The van der Waals surface area contributed by atoms with Gasteiger partial charge in [-0.3, -0.25) is 4.79 Å². The number of nitrogens with one attached hydrogen (secondary N) is 1. The SMILES string of the molecule is Cc1nc(Oc2ccc(NC(=O)Cc3ccc4c(c3)OCO4)cc2)cc(-n2cccn2)n1. The van der Waals surface area contributed by atoms with E-state index < -0.39 is 0 Å². The Balaban J connectivity index is 1.22. The van der Waals surface area contributed by atoms with Crippen LogP contribution in [0.3, 0.4) is 0 Å². The number of aryl methyl sites for hydroxylation is 1. The van der Waals surface area contributed by atoms with Crippen LogP contribution in [0.1, 0.15) is 11.4 Å². The molecule has 1 amide bonds. The van der Waals surface area contributed by atoms with Gasteiger partial charge in [-0.25, -0.2) is 9.67 Å². The quantitative estimate of drug-likeness (QED) is 0.499. The van der Waals surface area contributed by atoms with E-state index in [9.17, 15) is 4.79 Å². The number of nitrogens with zero attached hydrogens (tertiary/aromatic N) is 4. The second-order valence-electron chi connectivity index (χ2n) is 7.10. The van der Waals surface area contributed by atoms with Crippen molar-refractivity contribution in [2.45, 2.75) is 13.3 Å². The fourth-order valence-corrected chi connectivity index (χ4v) is 3.27. The Morgan fingerprint density at radius 3 is 2.75 bits per heavy atom. The zero-order valence-corrected chi connectivity index (χ0v) is 17.2. The maximum absolute atomic E-state index is 12.4. The molecule has 2 aromatic heterocycles. The maximum atomic E-state index is 12.4.